The first kappa shape index (κ1) is 12.9. The Balaban J connectivity index is 1.83. The number of benzene rings is 1. The predicted octanol–water partition coefficient (Wildman–Crippen LogP) is 3.48. The van der Waals surface area contributed by atoms with Crippen molar-refractivity contribution in [3.05, 3.63) is 72.7 Å². The molecule has 6 rings (SSSR count). The van der Waals surface area contributed by atoms with E-state index in [1.54, 1.807) is 6.20 Å². The van der Waals surface area contributed by atoms with Crippen molar-refractivity contribution in [2.75, 3.05) is 0 Å². The van der Waals surface area contributed by atoms with Crippen LogP contribution in [0, 0.1) is 0 Å². The highest BCUT2D eigenvalue weighted by molar-refractivity contribution is 6.00. The average Bonchev–Trinajstić information content (AvgIpc) is 3.29. The van der Waals surface area contributed by atoms with Gasteiger partial charge in [0.25, 0.3) is 0 Å². The molecule has 5 nitrogen and oxygen atoms in total. The molecule has 0 spiro atoms. The predicted molar refractivity (Wildman–Crippen MR) is 93.4 cm³/mol. The van der Waals surface area contributed by atoms with Gasteiger partial charge in [0.05, 0.1) is 11.6 Å². The lowest BCUT2D eigenvalue weighted by Crippen LogP contribution is -2.31. The van der Waals surface area contributed by atoms with Crippen molar-refractivity contribution in [2.45, 2.75) is 6.54 Å². The molecular weight excluding hydrogens is 312 g/mol. The Hall–Kier alpha value is -3.47. The number of hydrogen-bond donors (Lipinski definition) is 0. The zero-order valence-corrected chi connectivity index (χ0v) is 13.3. The molecule has 5 heterocycles. The molecule has 1 aliphatic heterocycles. The summed E-state index contributed by atoms with van der Waals surface area (Å²) in [5, 5.41) is 1.08. The van der Waals surface area contributed by atoms with Crippen LogP contribution in [0.25, 0.3) is 39.4 Å². The standard InChI is InChI=1S/C20H13N4O/c1-2-6-14(7-3-1)24-19-17-13(5-4-9-22-17)12-23(19)18-15-8-10-21-11-16(15)25-20(18)24/h1-11H,12H2/q+1. The minimum absolute atomic E-state index is 0.797. The van der Waals surface area contributed by atoms with Crippen molar-refractivity contribution in [3.8, 4) is 17.2 Å². The molecule has 25 heavy (non-hydrogen) atoms. The number of furan rings is 1. The van der Waals surface area contributed by atoms with Crippen LogP contribution in [-0.4, -0.2) is 14.5 Å². The molecule has 5 aromatic rings. The van der Waals surface area contributed by atoms with E-state index in [-0.39, 0.29) is 0 Å². The number of rotatable bonds is 1. The molecule has 0 N–H and O–H groups in total. The molecule has 0 atom stereocenters. The molecule has 118 valence electrons. The van der Waals surface area contributed by atoms with E-state index in [1.165, 1.54) is 5.56 Å². The molecule has 5 heteroatoms. The van der Waals surface area contributed by atoms with Gasteiger partial charge in [-0.2, -0.15) is 4.57 Å². The summed E-state index contributed by atoms with van der Waals surface area (Å²) in [5.74, 6) is 1.06. The van der Waals surface area contributed by atoms with E-state index in [0.29, 0.717) is 0 Å². The van der Waals surface area contributed by atoms with Crippen LogP contribution in [0.4, 0.5) is 0 Å². The summed E-state index contributed by atoms with van der Waals surface area (Å²) in [4.78, 5) is 8.84. The summed E-state index contributed by atoms with van der Waals surface area (Å²) in [5.41, 5.74) is 6.03. The topological polar surface area (TPSA) is 47.7 Å². The van der Waals surface area contributed by atoms with E-state index < -0.39 is 0 Å². The maximum absolute atomic E-state index is 6.20. The third-order valence-electron chi connectivity index (χ3n) is 4.84. The average molecular weight is 325 g/mol. The van der Waals surface area contributed by atoms with Gasteiger partial charge in [0.15, 0.2) is 11.3 Å². The second kappa shape index (κ2) is 4.54. The van der Waals surface area contributed by atoms with Crippen LogP contribution >= 0.6 is 0 Å². The van der Waals surface area contributed by atoms with Crippen molar-refractivity contribution in [3.63, 3.8) is 0 Å². The normalized spacial score (nSPS) is 12.6. The fourth-order valence-electron chi connectivity index (χ4n) is 3.80. The number of imidazole rings is 1. The summed E-state index contributed by atoms with van der Waals surface area (Å²) in [6.45, 7) is 0.797. The fourth-order valence-corrected chi connectivity index (χ4v) is 3.80. The van der Waals surface area contributed by atoms with Gasteiger partial charge in [-0.25, -0.2) is 9.55 Å². The molecule has 0 amide bonds. The highest BCUT2D eigenvalue weighted by Gasteiger charge is 2.39. The molecule has 0 radical (unpaired) electrons. The highest BCUT2D eigenvalue weighted by atomic mass is 16.3. The van der Waals surface area contributed by atoms with Gasteiger partial charge in [0, 0.05) is 18.0 Å². The van der Waals surface area contributed by atoms with E-state index >= 15 is 0 Å². The lowest BCUT2D eigenvalue weighted by Gasteiger charge is -1.99. The van der Waals surface area contributed by atoms with E-state index in [2.05, 4.69) is 37.3 Å². The smallest absolute Gasteiger partial charge is 0.344 e. The van der Waals surface area contributed by atoms with Crippen LogP contribution in [-0.2, 0) is 6.54 Å². The number of aromatic nitrogens is 4. The van der Waals surface area contributed by atoms with E-state index in [4.69, 9.17) is 4.42 Å². The van der Waals surface area contributed by atoms with Gasteiger partial charge >= 0.3 is 11.5 Å². The summed E-state index contributed by atoms with van der Waals surface area (Å²) in [7, 11) is 0. The van der Waals surface area contributed by atoms with Gasteiger partial charge in [0.2, 0.25) is 5.52 Å². The summed E-state index contributed by atoms with van der Waals surface area (Å²) in [6, 6.07) is 16.4. The minimum atomic E-state index is 0.797. The van der Waals surface area contributed by atoms with Crippen molar-refractivity contribution in [1.82, 2.24) is 14.5 Å². The summed E-state index contributed by atoms with van der Waals surface area (Å²) >= 11 is 0. The molecule has 0 aliphatic carbocycles. The third-order valence-corrected chi connectivity index (χ3v) is 4.84. The van der Waals surface area contributed by atoms with Gasteiger partial charge in [-0.15, -0.1) is 0 Å². The van der Waals surface area contributed by atoms with Crippen LogP contribution in [0.1, 0.15) is 5.56 Å². The van der Waals surface area contributed by atoms with Crippen LogP contribution in [0.15, 0.2) is 71.5 Å². The zero-order chi connectivity index (χ0) is 16.4. The lowest BCUT2D eigenvalue weighted by molar-refractivity contribution is -0.645. The van der Waals surface area contributed by atoms with Crippen LogP contribution in [0.2, 0.25) is 0 Å². The number of hydrogen-bond acceptors (Lipinski definition) is 3. The largest absolute Gasteiger partial charge is 0.417 e. The van der Waals surface area contributed by atoms with Gasteiger partial charge in [-0.05, 0) is 24.3 Å². The molecular formula is C20H13N4O+. The number of pyridine rings is 2. The Kier molecular flexibility index (Phi) is 2.34. The SMILES string of the molecule is c1ccc(-n2c3[n+](c4c5ccncc5oc42)Cc2cccnc2-3)cc1. The Morgan fingerprint density at radius 1 is 1.00 bits per heavy atom. The Morgan fingerprint density at radius 3 is 2.84 bits per heavy atom. The molecule has 0 unspecified atom stereocenters. The number of fused-ring (bicyclic) bond motifs is 7. The van der Waals surface area contributed by atoms with E-state index in [9.17, 15) is 0 Å². The first-order valence-electron chi connectivity index (χ1n) is 8.22. The molecule has 0 bridgehead atoms. The summed E-state index contributed by atoms with van der Waals surface area (Å²) < 4.78 is 10.7. The number of nitrogens with zero attached hydrogens (tertiary/aromatic N) is 4. The monoisotopic (exact) mass is 325 g/mol. The Morgan fingerprint density at radius 2 is 1.92 bits per heavy atom. The van der Waals surface area contributed by atoms with Crippen molar-refractivity contribution >= 4 is 22.2 Å². The Bertz CT molecular complexity index is 1270. The first-order chi connectivity index (χ1) is 12.4. The second-order valence-corrected chi connectivity index (χ2v) is 6.22. The van der Waals surface area contributed by atoms with Crippen molar-refractivity contribution < 1.29 is 8.98 Å². The van der Waals surface area contributed by atoms with Gasteiger partial charge in [-0.3, -0.25) is 4.98 Å². The van der Waals surface area contributed by atoms with Crippen molar-refractivity contribution in [1.29, 1.82) is 0 Å². The molecule has 1 aromatic carbocycles. The molecule has 0 saturated heterocycles. The van der Waals surface area contributed by atoms with Gasteiger partial charge in [-0.1, -0.05) is 24.3 Å². The fraction of sp³-hybridized carbons (Fsp3) is 0.0500. The highest BCUT2D eigenvalue weighted by Crippen LogP contribution is 2.36. The molecule has 4 aromatic heterocycles. The van der Waals surface area contributed by atoms with E-state index in [1.807, 2.05) is 42.7 Å². The maximum Gasteiger partial charge on any atom is 0.344 e. The van der Waals surface area contributed by atoms with Crippen molar-refractivity contribution in [2.24, 2.45) is 0 Å². The number of para-hydroxylation sites is 1. The maximum atomic E-state index is 6.20. The second-order valence-electron chi connectivity index (χ2n) is 6.22. The first-order valence-corrected chi connectivity index (χ1v) is 8.22. The third kappa shape index (κ3) is 1.59. The van der Waals surface area contributed by atoms with E-state index in [0.717, 1.165) is 45.9 Å². The summed E-state index contributed by atoms with van der Waals surface area (Å²) in [6.07, 6.45) is 5.43. The molecule has 0 saturated carbocycles. The quantitative estimate of drug-likeness (QED) is 0.435. The van der Waals surface area contributed by atoms with Crippen LogP contribution < -0.4 is 4.57 Å². The zero-order valence-electron chi connectivity index (χ0n) is 13.3. The lowest BCUT2D eigenvalue weighted by atomic mass is 10.2. The van der Waals surface area contributed by atoms with Gasteiger partial charge < -0.3 is 4.42 Å². The van der Waals surface area contributed by atoms with Gasteiger partial charge in [0.1, 0.15) is 12.2 Å². The molecule has 0 fully saturated rings. The van der Waals surface area contributed by atoms with Crippen LogP contribution in [0.3, 0.4) is 0 Å². The van der Waals surface area contributed by atoms with Crippen LogP contribution in [0.5, 0.6) is 0 Å². The molecule has 1 aliphatic rings. The minimum Gasteiger partial charge on any atom is -0.417 e. The Labute approximate surface area is 142 Å².